The van der Waals surface area contributed by atoms with Crippen LogP contribution >= 0.6 is 0 Å². The van der Waals surface area contributed by atoms with E-state index < -0.39 is 49.4 Å². The minimum Gasteiger partial charge on any atom is -0.345 e. The SMILES string of the molecule is O=C(NCC(F)(F)F)[C@H]1CC(F)(F)CN1c1ccnc(-c2c[nH]c3ncc(F)cc23)n1.[HH]. The third kappa shape index (κ3) is 4.39. The van der Waals surface area contributed by atoms with Gasteiger partial charge in [0.15, 0.2) is 5.82 Å². The molecule has 0 aliphatic carbocycles. The molecular weight excluding hydrogens is 430 g/mol. The van der Waals surface area contributed by atoms with Crippen molar-refractivity contribution in [3.05, 3.63) is 36.5 Å². The first-order valence-corrected chi connectivity index (χ1v) is 8.97. The summed E-state index contributed by atoms with van der Waals surface area (Å²) in [6.45, 7) is -2.54. The Kier molecular flexibility index (Phi) is 4.98. The summed E-state index contributed by atoms with van der Waals surface area (Å²) in [6, 6.07) is 0.909. The minimum absolute atomic E-state index is 0. The summed E-state index contributed by atoms with van der Waals surface area (Å²) >= 11 is 0. The summed E-state index contributed by atoms with van der Waals surface area (Å²) in [4.78, 5) is 28.1. The predicted molar refractivity (Wildman–Crippen MR) is 99.0 cm³/mol. The minimum atomic E-state index is -4.68. The lowest BCUT2D eigenvalue weighted by atomic mass is 10.1. The second-order valence-corrected chi connectivity index (χ2v) is 7.03. The second-order valence-electron chi connectivity index (χ2n) is 7.03. The molecular formula is C18H16F6N6O. The number of fused-ring (bicyclic) bond motifs is 1. The van der Waals surface area contributed by atoms with Crippen molar-refractivity contribution < 1.29 is 32.6 Å². The van der Waals surface area contributed by atoms with E-state index >= 15 is 0 Å². The molecule has 3 aromatic heterocycles. The van der Waals surface area contributed by atoms with Crippen molar-refractivity contribution in [2.75, 3.05) is 18.0 Å². The van der Waals surface area contributed by atoms with E-state index in [0.29, 0.717) is 16.6 Å². The van der Waals surface area contributed by atoms with Gasteiger partial charge in [0.25, 0.3) is 5.92 Å². The van der Waals surface area contributed by atoms with Gasteiger partial charge < -0.3 is 15.2 Å². The summed E-state index contributed by atoms with van der Waals surface area (Å²) in [5.74, 6) is -5.13. The zero-order valence-electron chi connectivity index (χ0n) is 15.6. The van der Waals surface area contributed by atoms with Crippen LogP contribution in [0.3, 0.4) is 0 Å². The zero-order chi connectivity index (χ0) is 22.4. The Balaban J connectivity index is 0.00000289. The Morgan fingerprint density at radius 3 is 2.87 bits per heavy atom. The molecule has 7 nitrogen and oxygen atoms in total. The fourth-order valence-corrected chi connectivity index (χ4v) is 3.40. The molecule has 0 spiro atoms. The molecule has 0 radical (unpaired) electrons. The van der Waals surface area contributed by atoms with Crippen LogP contribution in [-0.4, -0.2) is 57.1 Å². The number of H-pyrrole nitrogens is 1. The second kappa shape index (κ2) is 7.39. The molecule has 1 saturated heterocycles. The van der Waals surface area contributed by atoms with Gasteiger partial charge in [-0.3, -0.25) is 4.79 Å². The van der Waals surface area contributed by atoms with Gasteiger partial charge in [0, 0.05) is 31.2 Å². The number of anilines is 1. The van der Waals surface area contributed by atoms with Crippen molar-refractivity contribution in [2.24, 2.45) is 0 Å². The van der Waals surface area contributed by atoms with Crippen LogP contribution < -0.4 is 10.2 Å². The summed E-state index contributed by atoms with van der Waals surface area (Å²) in [5.41, 5.74) is 0.690. The number of hydrogen-bond donors (Lipinski definition) is 2. The molecule has 1 fully saturated rings. The van der Waals surface area contributed by atoms with Gasteiger partial charge in [-0.1, -0.05) is 0 Å². The highest BCUT2D eigenvalue weighted by molar-refractivity contribution is 5.92. The van der Waals surface area contributed by atoms with Gasteiger partial charge in [0.1, 0.15) is 29.9 Å². The first kappa shape index (κ1) is 20.9. The molecule has 1 aliphatic rings. The summed E-state index contributed by atoms with van der Waals surface area (Å²) in [6.07, 6.45) is -1.91. The lowest BCUT2D eigenvalue weighted by Crippen LogP contribution is -2.46. The van der Waals surface area contributed by atoms with E-state index in [9.17, 15) is 31.1 Å². The van der Waals surface area contributed by atoms with E-state index in [2.05, 4.69) is 19.9 Å². The lowest BCUT2D eigenvalue weighted by Gasteiger charge is -2.24. The molecule has 31 heavy (non-hydrogen) atoms. The monoisotopic (exact) mass is 446 g/mol. The smallest absolute Gasteiger partial charge is 0.345 e. The number of aromatic nitrogens is 4. The maximum atomic E-state index is 14.0. The Morgan fingerprint density at radius 1 is 1.35 bits per heavy atom. The number of rotatable bonds is 4. The standard InChI is InChI=1S/C18H14F6N6O.H2/c19-9-3-10-11(6-27-14(10)26-5-9)15-25-2-1-13(29-15)30-8-17(20,21)4-12(30)16(31)28-7-18(22,23)24;/h1-3,5-6,12H,4,7-8H2,(H,26,27)(H,28,31);1H/t12-;/m1./s1. The molecule has 4 heterocycles. The van der Waals surface area contributed by atoms with Crippen LogP contribution in [0.25, 0.3) is 22.4 Å². The molecule has 1 amide bonds. The number of alkyl halides is 5. The summed E-state index contributed by atoms with van der Waals surface area (Å²) in [5, 5.41) is 1.99. The molecule has 0 bridgehead atoms. The molecule has 4 rings (SSSR count). The van der Waals surface area contributed by atoms with Crippen molar-refractivity contribution in [1.82, 2.24) is 25.3 Å². The highest BCUT2D eigenvalue weighted by Crippen LogP contribution is 2.36. The number of halogens is 6. The molecule has 2 N–H and O–H groups in total. The van der Waals surface area contributed by atoms with Gasteiger partial charge in [0.2, 0.25) is 5.91 Å². The van der Waals surface area contributed by atoms with E-state index in [1.54, 1.807) is 5.32 Å². The van der Waals surface area contributed by atoms with Crippen LogP contribution in [0.1, 0.15) is 7.85 Å². The average Bonchev–Trinajstić information content (AvgIpc) is 3.25. The Labute approximate surface area is 172 Å². The van der Waals surface area contributed by atoms with Crippen LogP contribution in [0, 0.1) is 5.82 Å². The summed E-state index contributed by atoms with van der Waals surface area (Å²) in [7, 11) is 0. The zero-order valence-corrected chi connectivity index (χ0v) is 15.6. The van der Waals surface area contributed by atoms with E-state index in [1.807, 2.05) is 0 Å². The van der Waals surface area contributed by atoms with Gasteiger partial charge in [0.05, 0.1) is 12.7 Å². The van der Waals surface area contributed by atoms with Crippen molar-refractivity contribution in [3.8, 4) is 11.4 Å². The van der Waals surface area contributed by atoms with Crippen molar-refractivity contribution in [2.45, 2.75) is 24.6 Å². The van der Waals surface area contributed by atoms with Gasteiger partial charge in [-0.25, -0.2) is 28.1 Å². The highest BCUT2D eigenvalue weighted by Gasteiger charge is 2.49. The number of aromatic amines is 1. The number of pyridine rings is 1. The van der Waals surface area contributed by atoms with Crippen LogP contribution in [0.5, 0.6) is 0 Å². The van der Waals surface area contributed by atoms with Crippen LogP contribution in [0.4, 0.5) is 32.2 Å². The Bertz CT molecular complexity index is 1140. The fourth-order valence-electron chi connectivity index (χ4n) is 3.40. The largest absolute Gasteiger partial charge is 0.405 e. The molecule has 1 atom stereocenters. The van der Waals surface area contributed by atoms with Crippen LogP contribution in [0.2, 0.25) is 0 Å². The lowest BCUT2D eigenvalue weighted by molar-refractivity contribution is -0.139. The van der Waals surface area contributed by atoms with Crippen LogP contribution in [-0.2, 0) is 4.79 Å². The van der Waals surface area contributed by atoms with Crippen molar-refractivity contribution in [1.29, 1.82) is 0 Å². The number of amides is 1. The molecule has 3 aromatic rings. The van der Waals surface area contributed by atoms with E-state index in [-0.39, 0.29) is 13.1 Å². The van der Waals surface area contributed by atoms with Crippen molar-refractivity contribution in [3.63, 3.8) is 0 Å². The highest BCUT2D eigenvalue weighted by atomic mass is 19.4. The predicted octanol–water partition coefficient (Wildman–Crippen LogP) is 3.30. The number of carbonyl (C=O) groups excluding carboxylic acids is 1. The van der Waals surface area contributed by atoms with Gasteiger partial charge in [-0.05, 0) is 12.1 Å². The average molecular weight is 446 g/mol. The summed E-state index contributed by atoms with van der Waals surface area (Å²) < 4.78 is 78.9. The topological polar surface area (TPSA) is 86.8 Å². The molecule has 0 unspecified atom stereocenters. The maximum Gasteiger partial charge on any atom is 0.405 e. The van der Waals surface area contributed by atoms with Crippen LogP contribution in [0.15, 0.2) is 30.7 Å². The third-order valence-corrected chi connectivity index (χ3v) is 4.71. The quantitative estimate of drug-likeness (QED) is 0.601. The maximum absolute atomic E-state index is 14.0. The third-order valence-electron chi connectivity index (χ3n) is 4.71. The van der Waals surface area contributed by atoms with Gasteiger partial charge in [-0.2, -0.15) is 13.2 Å². The normalized spacial score (nSPS) is 18.5. The number of carbonyl (C=O) groups is 1. The number of nitrogens with one attached hydrogen (secondary N) is 2. The number of hydrogen-bond acceptors (Lipinski definition) is 5. The van der Waals surface area contributed by atoms with E-state index in [0.717, 1.165) is 11.1 Å². The molecule has 1 aliphatic heterocycles. The molecule has 166 valence electrons. The number of nitrogens with zero attached hydrogens (tertiary/aromatic N) is 4. The molecule has 13 heteroatoms. The molecule has 0 aromatic carbocycles. The van der Waals surface area contributed by atoms with Gasteiger partial charge in [-0.15, -0.1) is 0 Å². The van der Waals surface area contributed by atoms with E-state index in [1.165, 1.54) is 24.5 Å². The fraction of sp³-hybridized carbons (Fsp3) is 0.333. The molecule has 0 saturated carbocycles. The van der Waals surface area contributed by atoms with Gasteiger partial charge >= 0.3 is 6.18 Å². The first-order valence-electron chi connectivity index (χ1n) is 8.97. The van der Waals surface area contributed by atoms with E-state index in [4.69, 9.17) is 0 Å². The first-order chi connectivity index (χ1) is 14.5. The Morgan fingerprint density at radius 2 is 2.13 bits per heavy atom. The van der Waals surface area contributed by atoms with Crippen molar-refractivity contribution >= 4 is 22.8 Å². The Hall–Kier alpha value is -3.38.